The van der Waals surface area contributed by atoms with Crippen molar-refractivity contribution >= 4 is 5.69 Å². The lowest BCUT2D eigenvalue weighted by molar-refractivity contribution is 0.339. The summed E-state index contributed by atoms with van der Waals surface area (Å²) in [7, 11) is 4.26. The van der Waals surface area contributed by atoms with Gasteiger partial charge in [0.1, 0.15) is 5.75 Å². The van der Waals surface area contributed by atoms with Crippen molar-refractivity contribution in [1.29, 1.82) is 0 Å². The van der Waals surface area contributed by atoms with Crippen molar-refractivity contribution in [1.82, 2.24) is 4.90 Å². The van der Waals surface area contributed by atoms with Crippen molar-refractivity contribution in [2.45, 2.75) is 19.5 Å². The first kappa shape index (κ1) is 20.0. The van der Waals surface area contributed by atoms with Crippen LogP contribution >= 0.6 is 0 Å². The number of benzene rings is 3. The Kier molecular flexibility index (Phi) is 7.10. The highest BCUT2D eigenvalue weighted by Gasteiger charge is 2.22. The second-order valence-corrected chi connectivity index (χ2v) is 7.23. The molecule has 3 rings (SSSR count). The van der Waals surface area contributed by atoms with E-state index in [0.29, 0.717) is 6.61 Å². The van der Waals surface area contributed by atoms with Gasteiger partial charge in [-0.15, -0.1) is 0 Å². The van der Waals surface area contributed by atoms with E-state index in [2.05, 4.69) is 103 Å². The fourth-order valence-electron chi connectivity index (χ4n) is 3.49. The summed E-state index contributed by atoms with van der Waals surface area (Å²) < 4.78 is 5.78. The molecule has 0 radical (unpaired) electrons. The topological polar surface area (TPSA) is 15.7 Å². The minimum Gasteiger partial charge on any atom is -0.494 e. The molecule has 3 aromatic carbocycles. The summed E-state index contributed by atoms with van der Waals surface area (Å²) in [6.07, 6.45) is 0. The lowest BCUT2D eigenvalue weighted by atomic mass is 10.0. The van der Waals surface area contributed by atoms with Crippen LogP contribution < -0.4 is 9.64 Å². The van der Waals surface area contributed by atoms with Crippen LogP contribution in [-0.2, 0) is 6.54 Å². The van der Waals surface area contributed by atoms with Crippen LogP contribution in [0.2, 0.25) is 0 Å². The molecule has 0 aliphatic heterocycles. The molecule has 0 aliphatic rings. The summed E-state index contributed by atoms with van der Waals surface area (Å²) >= 11 is 0. The van der Waals surface area contributed by atoms with E-state index in [-0.39, 0.29) is 6.04 Å². The van der Waals surface area contributed by atoms with Crippen LogP contribution in [0.25, 0.3) is 0 Å². The van der Waals surface area contributed by atoms with Gasteiger partial charge in [0.05, 0.1) is 12.6 Å². The first-order chi connectivity index (χ1) is 13.7. The highest BCUT2D eigenvalue weighted by atomic mass is 16.5. The van der Waals surface area contributed by atoms with Gasteiger partial charge in [0.15, 0.2) is 0 Å². The number of hydrogen-bond acceptors (Lipinski definition) is 3. The first-order valence-electron chi connectivity index (χ1n) is 9.90. The van der Waals surface area contributed by atoms with Crippen molar-refractivity contribution in [2.75, 3.05) is 32.1 Å². The van der Waals surface area contributed by atoms with Crippen LogP contribution in [0.15, 0.2) is 84.9 Å². The molecule has 0 bridgehead atoms. The molecule has 0 saturated heterocycles. The Hall–Kier alpha value is -2.78. The third kappa shape index (κ3) is 5.37. The Morgan fingerprint density at radius 3 is 2.14 bits per heavy atom. The van der Waals surface area contributed by atoms with Gasteiger partial charge >= 0.3 is 0 Å². The van der Waals surface area contributed by atoms with Gasteiger partial charge in [-0.2, -0.15) is 0 Å². The quantitative estimate of drug-likeness (QED) is 0.499. The molecule has 28 heavy (non-hydrogen) atoms. The zero-order valence-corrected chi connectivity index (χ0v) is 17.1. The van der Waals surface area contributed by atoms with Crippen LogP contribution in [-0.4, -0.2) is 32.1 Å². The fraction of sp³-hybridized carbons (Fsp3) is 0.280. The van der Waals surface area contributed by atoms with Crippen LogP contribution in [0.3, 0.4) is 0 Å². The largest absolute Gasteiger partial charge is 0.494 e. The van der Waals surface area contributed by atoms with Gasteiger partial charge in [-0.1, -0.05) is 66.7 Å². The van der Waals surface area contributed by atoms with Crippen molar-refractivity contribution in [3.05, 3.63) is 96.1 Å². The van der Waals surface area contributed by atoms with Crippen molar-refractivity contribution in [3.8, 4) is 5.75 Å². The van der Waals surface area contributed by atoms with Gasteiger partial charge in [0.25, 0.3) is 0 Å². The number of anilines is 1. The molecule has 0 amide bonds. The standard InChI is InChI=1S/C25H30N2O/c1-4-28-24-17-11-16-23(18-24)27(19-21-12-7-5-8-13-21)25(20-26(2)3)22-14-9-6-10-15-22/h5-18,25H,4,19-20H2,1-3H3. The third-order valence-corrected chi connectivity index (χ3v) is 4.75. The Morgan fingerprint density at radius 1 is 0.821 bits per heavy atom. The van der Waals surface area contributed by atoms with Gasteiger partial charge in [0, 0.05) is 24.8 Å². The summed E-state index contributed by atoms with van der Waals surface area (Å²) in [5.74, 6) is 0.912. The minimum atomic E-state index is 0.230. The summed E-state index contributed by atoms with van der Waals surface area (Å²) in [5, 5.41) is 0. The number of ether oxygens (including phenoxy) is 1. The normalized spacial score (nSPS) is 12.0. The average Bonchev–Trinajstić information content (AvgIpc) is 2.72. The highest BCUT2D eigenvalue weighted by molar-refractivity contribution is 5.53. The van der Waals surface area contributed by atoms with Crippen molar-refractivity contribution < 1.29 is 4.74 Å². The van der Waals surface area contributed by atoms with Crippen LogP contribution in [0.4, 0.5) is 5.69 Å². The zero-order chi connectivity index (χ0) is 19.8. The Balaban J connectivity index is 2.03. The van der Waals surface area contributed by atoms with E-state index in [1.807, 2.05) is 13.0 Å². The van der Waals surface area contributed by atoms with E-state index in [1.165, 1.54) is 16.8 Å². The molecule has 0 aliphatic carbocycles. The molecule has 146 valence electrons. The monoisotopic (exact) mass is 374 g/mol. The SMILES string of the molecule is CCOc1cccc(N(Cc2ccccc2)C(CN(C)C)c2ccccc2)c1. The number of nitrogens with zero attached hydrogens (tertiary/aromatic N) is 2. The number of likely N-dealkylation sites (N-methyl/N-ethyl adjacent to an activating group) is 1. The summed E-state index contributed by atoms with van der Waals surface area (Å²) in [4.78, 5) is 4.73. The molecule has 3 aromatic rings. The molecule has 3 heteroatoms. The molecule has 0 heterocycles. The predicted molar refractivity (Wildman–Crippen MR) is 118 cm³/mol. The highest BCUT2D eigenvalue weighted by Crippen LogP contribution is 2.32. The predicted octanol–water partition coefficient (Wildman–Crippen LogP) is 5.39. The number of rotatable bonds is 9. The first-order valence-corrected chi connectivity index (χ1v) is 9.90. The van der Waals surface area contributed by atoms with Gasteiger partial charge in [-0.3, -0.25) is 0 Å². The van der Waals surface area contributed by atoms with E-state index in [1.54, 1.807) is 0 Å². The minimum absolute atomic E-state index is 0.230. The lowest BCUT2D eigenvalue weighted by Crippen LogP contribution is -2.35. The third-order valence-electron chi connectivity index (χ3n) is 4.75. The van der Waals surface area contributed by atoms with Crippen molar-refractivity contribution in [2.24, 2.45) is 0 Å². The van der Waals surface area contributed by atoms with Crippen LogP contribution in [0.5, 0.6) is 5.75 Å². The smallest absolute Gasteiger partial charge is 0.121 e. The molecule has 1 atom stereocenters. The molecule has 0 N–H and O–H groups in total. The molecule has 3 nitrogen and oxygen atoms in total. The van der Waals surface area contributed by atoms with Gasteiger partial charge < -0.3 is 14.5 Å². The average molecular weight is 375 g/mol. The van der Waals surface area contributed by atoms with Crippen molar-refractivity contribution in [3.63, 3.8) is 0 Å². The molecule has 0 fully saturated rings. The maximum absolute atomic E-state index is 5.78. The molecule has 1 unspecified atom stereocenters. The zero-order valence-electron chi connectivity index (χ0n) is 17.1. The van der Waals surface area contributed by atoms with Crippen LogP contribution in [0.1, 0.15) is 24.1 Å². The van der Waals surface area contributed by atoms with Crippen LogP contribution in [0, 0.1) is 0 Å². The van der Waals surface area contributed by atoms with Gasteiger partial charge in [0.2, 0.25) is 0 Å². The fourth-order valence-corrected chi connectivity index (χ4v) is 3.49. The summed E-state index contributed by atoms with van der Waals surface area (Å²) in [6.45, 7) is 4.45. The lowest BCUT2D eigenvalue weighted by Gasteiger charge is -2.36. The second kappa shape index (κ2) is 9.95. The Bertz CT molecular complexity index is 833. The Labute approximate surface area is 169 Å². The van der Waals surface area contributed by atoms with E-state index < -0.39 is 0 Å². The number of hydrogen-bond donors (Lipinski definition) is 0. The summed E-state index contributed by atoms with van der Waals surface area (Å²) in [5.41, 5.74) is 3.78. The molecule has 0 spiro atoms. The molecular formula is C25H30N2O. The van der Waals surface area contributed by atoms with E-state index in [4.69, 9.17) is 4.74 Å². The van der Waals surface area contributed by atoms with Gasteiger partial charge in [-0.25, -0.2) is 0 Å². The maximum atomic E-state index is 5.78. The van der Waals surface area contributed by atoms with E-state index in [0.717, 1.165) is 18.8 Å². The second-order valence-electron chi connectivity index (χ2n) is 7.23. The molecule has 0 aromatic heterocycles. The molecular weight excluding hydrogens is 344 g/mol. The molecule has 0 saturated carbocycles. The Morgan fingerprint density at radius 2 is 1.50 bits per heavy atom. The van der Waals surface area contributed by atoms with E-state index in [9.17, 15) is 0 Å². The summed E-state index contributed by atoms with van der Waals surface area (Å²) in [6, 6.07) is 30.1. The van der Waals surface area contributed by atoms with Gasteiger partial charge in [-0.05, 0) is 44.3 Å². The van der Waals surface area contributed by atoms with E-state index >= 15 is 0 Å². The maximum Gasteiger partial charge on any atom is 0.121 e.